The Bertz CT molecular complexity index is 775. The zero-order chi connectivity index (χ0) is 19.0. The maximum Gasteiger partial charge on any atom is 0.174 e. The fourth-order valence-corrected chi connectivity index (χ4v) is 4.66. The quantitative estimate of drug-likeness (QED) is 0.718. The van der Waals surface area contributed by atoms with Gasteiger partial charge in [-0.15, -0.1) is 0 Å². The molecule has 0 N–H and O–H groups in total. The summed E-state index contributed by atoms with van der Waals surface area (Å²) in [6, 6.07) is 4.24. The highest BCUT2D eigenvalue weighted by molar-refractivity contribution is 6.24. The molecule has 2 aliphatic carbocycles. The molecule has 0 amide bonds. The van der Waals surface area contributed by atoms with Crippen molar-refractivity contribution in [1.82, 2.24) is 0 Å². The third kappa shape index (κ3) is 3.20. The van der Waals surface area contributed by atoms with Crippen molar-refractivity contribution in [2.45, 2.75) is 65.7 Å². The van der Waals surface area contributed by atoms with E-state index < -0.39 is 5.92 Å². The molecule has 0 radical (unpaired) electrons. The van der Waals surface area contributed by atoms with E-state index in [0.29, 0.717) is 18.4 Å². The van der Waals surface area contributed by atoms with E-state index in [2.05, 4.69) is 32.9 Å². The number of allylic oxidation sites excluding steroid dienone is 2. The fraction of sp³-hybridized carbons (Fsp3) is 0.522. The average molecular weight is 352 g/mol. The standard InChI is InChI=1S/C23H28O3/c1-5-16-9-13(3)10-17(6-2)20(16)21-22(25)18-11-15(8-7-14(4)24)12-19(18)23(21)26/h9-11,15,19,21H,5-8,12H2,1-4H3. The SMILES string of the molecule is CCc1cc(C)cc(CC)c1C1C(=O)C2=CC(CCC(C)=O)CC2C1=O. The highest BCUT2D eigenvalue weighted by Crippen LogP contribution is 2.46. The van der Waals surface area contributed by atoms with Gasteiger partial charge in [0.15, 0.2) is 11.6 Å². The molecule has 0 bridgehead atoms. The zero-order valence-electron chi connectivity index (χ0n) is 16.2. The molecule has 0 saturated heterocycles. The van der Waals surface area contributed by atoms with Gasteiger partial charge >= 0.3 is 0 Å². The van der Waals surface area contributed by atoms with Gasteiger partial charge in [-0.1, -0.05) is 37.6 Å². The predicted molar refractivity (Wildman–Crippen MR) is 102 cm³/mol. The lowest BCUT2D eigenvalue weighted by molar-refractivity contribution is -0.125. The van der Waals surface area contributed by atoms with Crippen molar-refractivity contribution in [3.8, 4) is 0 Å². The number of hydrogen-bond acceptors (Lipinski definition) is 3. The van der Waals surface area contributed by atoms with Crippen molar-refractivity contribution in [1.29, 1.82) is 0 Å². The minimum Gasteiger partial charge on any atom is -0.300 e. The van der Waals surface area contributed by atoms with Gasteiger partial charge in [0.2, 0.25) is 0 Å². The number of hydrogen-bond donors (Lipinski definition) is 0. The second-order valence-electron chi connectivity index (χ2n) is 7.81. The molecular weight excluding hydrogens is 324 g/mol. The summed E-state index contributed by atoms with van der Waals surface area (Å²) in [4.78, 5) is 37.5. The average Bonchev–Trinajstić information content (AvgIpc) is 3.12. The molecule has 0 aromatic heterocycles. The van der Waals surface area contributed by atoms with E-state index >= 15 is 0 Å². The Balaban J connectivity index is 1.96. The number of fused-ring (bicyclic) bond motifs is 1. The molecule has 1 saturated carbocycles. The van der Waals surface area contributed by atoms with Crippen LogP contribution in [0.15, 0.2) is 23.8 Å². The largest absolute Gasteiger partial charge is 0.300 e. The molecule has 3 rings (SSSR count). The van der Waals surface area contributed by atoms with Crippen LogP contribution in [-0.2, 0) is 27.2 Å². The monoisotopic (exact) mass is 352 g/mol. The third-order valence-electron chi connectivity index (χ3n) is 5.92. The molecule has 0 aliphatic heterocycles. The van der Waals surface area contributed by atoms with Gasteiger partial charge in [0.05, 0.1) is 0 Å². The number of rotatable bonds is 6. The molecule has 0 spiro atoms. The number of carbonyl (C=O) groups is 3. The van der Waals surface area contributed by atoms with Crippen molar-refractivity contribution >= 4 is 17.3 Å². The van der Waals surface area contributed by atoms with Crippen molar-refractivity contribution in [3.05, 3.63) is 46.0 Å². The summed E-state index contributed by atoms with van der Waals surface area (Å²) in [5.41, 5.74) is 5.11. The number of aryl methyl sites for hydroxylation is 3. The van der Waals surface area contributed by atoms with Crippen LogP contribution in [0, 0.1) is 18.8 Å². The second-order valence-corrected chi connectivity index (χ2v) is 7.81. The van der Waals surface area contributed by atoms with Gasteiger partial charge in [0.1, 0.15) is 11.7 Å². The maximum absolute atomic E-state index is 13.2. The molecule has 3 heteroatoms. The number of Topliss-reactive ketones (excluding diaryl/α,β-unsaturated/α-hetero) is 3. The normalized spacial score (nSPS) is 24.8. The smallest absolute Gasteiger partial charge is 0.174 e. The summed E-state index contributed by atoms with van der Waals surface area (Å²) in [6.07, 6.45) is 5.59. The fourth-order valence-electron chi connectivity index (χ4n) is 4.66. The van der Waals surface area contributed by atoms with Crippen LogP contribution in [0.25, 0.3) is 0 Å². The summed E-state index contributed by atoms with van der Waals surface area (Å²) in [7, 11) is 0. The van der Waals surface area contributed by atoms with Gasteiger partial charge in [-0.3, -0.25) is 9.59 Å². The van der Waals surface area contributed by atoms with E-state index in [1.54, 1.807) is 6.92 Å². The number of benzene rings is 1. The van der Waals surface area contributed by atoms with Crippen molar-refractivity contribution < 1.29 is 14.4 Å². The summed E-state index contributed by atoms with van der Waals surface area (Å²) in [6.45, 7) is 7.82. The molecule has 1 aromatic carbocycles. The molecule has 1 fully saturated rings. The molecule has 138 valence electrons. The summed E-state index contributed by atoms with van der Waals surface area (Å²) >= 11 is 0. The van der Waals surface area contributed by atoms with Crippen LogP contribution in [0.5, 0.6) is 0 Å². The lowest BCUT2D eigenvalue weighted by Gasteiger charge is -2.19. The number of carbonyl (C=O) groups excluding carboxylic acids is 3. The molecule has 2 aliphatic rings. The Morgan fingerprint density at radius 2 is 1.73 bits per heavy atom. The van der Waals surface area contributed by atoms with Crippen LogP contribution in [0.4, 0.5) is 0 Å². The van der Waals surface area contributed by atoms with Crippen LogP contribution in [0.2, 0.25) is 0 Å². The number of ketones is 3. The van der Waals surface area contributed by atoms with Crippen LogP contribution < -0.4 is 0 Å². The molecular formula is C23H28O3. The van der Waals surface area contributed by atoms with E-state index in [0.717, 1.165) is 36.0 Å². The van der Waals surface area contributed by atoms with Gasteiger partial charge in [-0.05, 0) is 62.1 Å². The summed E-state index contributed by atoms with van der Waals surface area (Å²) < 4.78 is 0. The molecule has 26 heavy (non-hydrogen) atoms. The van der Waals surface area contributed by atoms with Gasteiger partial charge < -0.3 is 4.79 Å². The third-order valence-corrected chi connectivity index (χ3v) is 5.92. The van der Waals surface area contributed by atoms with Gasteiger partial charge in [-0.25, -0.2) is 0 Å². The second kappa shape index (κ2) is 7.30. The summed E-state index contributed by atoms with van der Waals surface area (Å²) in [5, 5.41) is 0. The van der Waals surface area contributed by atoms with Crippen molar-refractivity contribution in [3.63, 3.8) is 0 Å². The van der Waals surface area contributed by atoms with E-state index in [4.69, 9.17) is 0 Å². The lowest BCUT2D eigenvalue weighted by atomic mass is 9.83. The van der Waals surface area contributed by atoms with Gasteiger partial charge in [-0.2, -0.15) is 0 Å². The first kappa shape index (κ1) is 18.8. The molecule has 3 atom stereocenters. The Morgan fingerprint density at radius 1 is 1.12 bits per heavy atom. The predicted octanol–water partition coefficient (Wildman–Crippen LogP) is 4.29. The Hall–Kier alpha value is -2.03. The van der Waals surface area contributed by atoms with Gasteiger partial charge in [0, 0.05) is 17.9 Å². The Labute approximate surface area is 155 Å². The van der Waals surface area contributed by atoms with E-state index in [-0.39, 0.29) is 29.2 Å². The lowest BCUT2D eigenvalue weighted by Crippen LogP contribution is -2.20. The first-order chi connectivity index (χ1) is 12.4. The van der Waals surface area contributed by atoms with E-state index in [1.165, 1.54) is 5.56 Å². The minimum absolute atomic E-state index is 0.00132. The van der Waals surface area contributed by atoms with Crippen LogP contribution in [0.1, 0.15) is 68.2 Å². The topological polar surface area (TPSA) is 51.2 Å². The Kier molecular flexibility index (Phi) is 5.27. The minimum atomic E-state index is -0.620. The molecule has 1 aromatic rings. The first-order valence-corrected chi connectivity index (χ1v) is 9.78. The first-order valence-electron chi connectivity index (χ1n) is 9.78. The van der Waals surface area contributed by atoms with Gasteiger partial charge in [0.25, 0.3) is 0 Å². The van der Waals surface area contributed by atoms with Crippen molar-refractivity contribution in [2.75, 3.05) is 0 Å². The highest BCUT2D eigenvalue weighted by atomic mass is 16.2. The van der Waals surface area contributed by atoms with E-state index in [1.807, 2.05) is 6.08 Å². The molecule has 3 nitrogen and oxygen atoms in total. The van der Waals surface area contributed by atoms with E-state index in [9.17, 15) is 14.4 Å². The summed E-state index contributed by atoms with van der Waals surface area (Å²) in [5.74, 6) is -0.470. The molecule has 0 heterocycles. The zero-order valence-corrected chi connectivity index (χ0v) is 16.2. The molecule has 3 unspecified atom stereocenters. The van der Waals surface area contributed by atoms with Crippen molar-refractivity contribution in [2.24, 2.45) is 11.8 Å². The Morgan fingerprint density at radius 3 is 2.23 bits per heavy atom. The highest BCUT2D eigenvalue weighted by Gasteiger charge is 2.50. The maximum atomic E-state index is 13.2. The van der Waals surface area contributed by atoms with Crippen LogP contribution in [-0.4, -0.2) is 17.3 Å². The van der Waals surface area contributed by atoms with Crippen LogP contribution in [0.3, 0.4) is 0 Å². The van der Waals surface area contributed by atoms with Crippen LogP contribution >= 0.6 is 0 Å².